The van der Waals surface area contributed by atoms with Crippen LogP contribution in [0.5, 0.6) is 0 Å². The number of hydrogen-bond acceptors (Lipinski definition) is 5. The second kappa shape index (κ2) is 12.0. The fourth-order valence-corrected chi connectivity index (χ4v) is 7.65. The van der Waals surface area contributed by atoms with E-state index >= 15 is 0 Å². The third-order valence-electron chi connectivity index (χ3n) is 9.94. The lowest BCUT2D eigenvalue weighted by Crippen LogP contribution is -2.40. The highest BCUT2D eigenvalue weighted by molar-refractivity contribution is 5.40. The zero-order valence-corrected chi connectivity index (χ0v) is 24.0. The van der Waals surface area contributed by atoms with Crippen molar-refractivity contribution in [1.29, 1.82) is 0 Å². The van der Waals surface area contributed by atoms with E-state index in [1.807, 2.05) is 6.08 Å². The molecule has 5 nitrogen and oxygen atoms in total. The van der Waals surface area contributed by atoms with Crippen LogP contribution in [0.3, 0.4) is 0 Å². The first-order valence-corrected chi connectivity index (χ1v) is 14.8. The molecule has 0 spiro atoms. The molecule has 0 aromatic rings. The first-order valence-electron chi connectivity index (χ1n) is 14.8. The Morgan fingerprint density at radius 1 is 1.08 bits per heavy atom. The lowest BCUT2D eigenvalue weighted by Gasteiger charge is -2.45. The highest BCUT2D eigenvalue weighted by Crippen LogP contribution is 2.60. The maximum absolute atomic E-state index is 10.6. The van der Waals surface area contributed by atoms with E-state index in [0.29, 0.717) is 42.1 Å². The molecular formula is C32H54O5. The Morgan fingerprint density at radius 2 is 1.78 bits per heavy atom. The van der Waals surface area contributed by atoms with Gasteiger partial charge in [-0.2, -0.15) is 0 Å². The lowest BCUT2D eigenvalue weighted by molar-refractivity contribution is -0.155. The van der Waals surface area contributed by atoms with Crippen LogP contribution >= 0.6 is 0 Å². The molecule has 1 unspecified atom stereocenters. The summed E-state index contributed by atoms with van der Waals surface area (Å²) in [6, 6.07) is 0. The fraction of sp³-hybridized carbons (Fsp3) is 0.812. The maximum Gasteiger partial charge on any atom is 0.191 e. The van der Waals surface area contributed by atoms with Crippen molar-refractivity contribution in [2.45, 2.75) is 135 Å². The van der Waals surface area contributed by atoms with Crippen LogP contribution in [0.4, 0.5) is 0 Å². The van der Waals surface area contributed by atoms with Crippen molar-refractivity contribution in [2.24, 2.45) is 29.1 Å². The molecule has 0 aliphatic heterocycles. The number of rotatable bonds is 10. The van der Waals surface area contributed by atoms with Crippen LogP contribution in [0.15, 0.2) is 35.5 Å². The summed E-state index contributed by atoms with van der Waals surface area (Å²) in [6.45, 7) is 14.3. The Hall–Kier alpha value is -0.980. The van der Waals surface area contributed by atoms with Crippen LogP contribution in [0, 0.1) is 29.1 Å². The number of aliphatic hydroxyl groups is 5. The largest absolute Gasteiger partial charge is 0.393 e. The van der Waals surface area contributed by atoms with Gasteiger partial charge in [0.15, 0.2) is 5.79 Å². The van der Waals surface area contributed by atoms with Gasteiger partial charge in [-0.05, 0) is 99.9 Å². The van der Waals surface area contributed by atoms with Gasteiger partial charge in [0.25, 0.3) is 0 Å². The van der Waals surface area contributed by atoms with Crippen LogP contribution in [-0.2, 0) is 0 Å². The van der Waals surface area contributed by atoms with Crippen molar-refractivity contribution in [3.05, 3.63) is 35.5 Å². The average Bonchev–Trinajstić information content (AvgIpc) is 3.13. The third-order valence-corrected chi connectivity index (χ3v) is 9.94. The second-order valence-electron chi connectivity index (χ2n) is 13.7. The van der Waals surface area contributed by atoms with Gasteiger partial charge < -0.3 is 25.5 Å². The minimum absolute atomic E-state index is 0.0948. The van der Waals surface area contributed by atoms with E-state index in [-0.39, 0.29) is 11.8 Å². The summed E-state index contributed by atoms with van der Waals surface area (Å²) in [5.41, 5.74) is 1.61. The third kappa shape index (κ3) is 7.36. The SMILES string of the molecule is C=C1/C(=C\C=C2/CCC[C@]3(C)[C@@H]([C@H](CCCC(C)C)CCC(O)C(C)(C)O)CC[C@@H]23)C[C@@H](O)CC1(O)O. The monoisotopic (exact) mass is 518 g/mol. The zero-order valence-electron chi connectivity index (χ0n) is 24.0. The van der Waals surface area contributed by atoms with Crippen LogP contribution in [-0.4, -0.2) is 49.1 Å². The van der Waals surface area contributed by atoms with Gasteiger partial charge in [-0.1, -0.05) is 64.3 Å². The summed E-state index contributed by atoms with van der Waals surface area (Å²) in [5.74, 6) is 0.296. The highest BCUT2D eigenvalue weighted by atomic mass is 16.5. The summed E-state index contributed by atoms with van der Waals surface area (Å²) in [7, 11) is 0. The molecule has 3 saturated carbocycles. The summed E-state index contributed by atoms with van der Waals surface area (Å²) in [5, 5.41) is 51.5. The first kappa shape index (κ1) is 30.6. The number of allylic oxidation sites excluding steroid dienone is 3. The van der Waals surface area contributed by atoms with Gasteiger partial charge in [-0.3, -0.25) is 0 Å². The van der Waals surface area contributed by atoms with E-state index in [1.54, 1.807) is 13.8 Å². The van der Waals surface area contributed by atoms with Gasteiger partial charge in [0.2, 0.25) is 0 Å². The van der Waals surface area contributed by atoms with Gasteiger partial charge in [0.05, 0.1) is 17.8 Å². The van der Waals surface area contributed by atoms with Crippen molar-refractivity contribution in [3.8, 4) is 0 Å². The van der Waals surface area contributed by atoms with E-state index in [2.05, 4.69) is 33.4 Å². The molecule has 0 heterocycles. The Bertz CT molecular complexity index is 848. The Balaban J connectivity index is 1.80. The van der Waals surface area contributed by atoms with Crippen molar-refractivity contribution in [1.82, 2.24) is 0 Å². The van der Waals surface area contributed by atoms with Crippen molar-refractivity contribution < 1.29 is 25.5 Å². The minimum atomic E-state index is -2.04. The van der Waals surface area contributed by atoms with Gasteiger partial charge in [0, 0.05) is 12.0 Å². The Labute approximate surface area is 225 Å². The molecule has 0 amide bonds. The smallest absolute Gasteiger partial charge is 0.191 e. The molecular weight excluding hydrogens is 464 g/mol. The Morgan fingerprint density at radius 3 is 2.43 bits per heavy atom. The molecule has 212 valence electrons. The molecule has 0 radical (unpaired) electrons. The minimum Gasteiger partial charge on any atom is -0.393 e. The zero-order chi connectivity index (χ0) is 27.6. The molecule has 0 aromatic heterocycles. The predicted molar refractivity (Wildman–Crippen MR) is 150 cm³/mol. The number of hydrogen-bond donors (Lipinski definition) is 5. The fourth-order valence-electron chi connectivity index (χ4n) is 7.65. The first-order chi connectivity index (χ1) is 17.1. The quantitative estimate of drug-likeness (QED) is 0.235. The van der Waals surface area contributed by atoms with E-state index in [0.717, 1.165) is 24.8 Å². The molecule has 3 rings (SSSR count). The molecule has 3 aliphatic rings. The van der Waals surface area contributed by atoms with E-state index < -0.39 is 23.6 Å². The van der Waals surface area contributed by atoms with E-state index in [1.165, 1.54) is 44.1 Å². The molecule has 6 atom stereocenters. The van der Waals surface area contributed by atoms with Crippen LogP contribution in [0.25, 0.3) is 0 Å². The molecule has 3 aliphatic carbocycles. The van der Waals surface area contributed by atoms with Crippen molar-refractivity contribution >= 4 is 0 Å². The summed E-state index contributed by atoms with van der Waals surface area (Å²) >= 11 is 0. The predicted octanol–water partition coefficient (Wildman–Crippen LogP) is 5.80. The topological polar surface area (TPSA) is 101 Å². The van der Waals surface area contributed by atoms with Gasteiger partial charge in [0.1, 0.15) is 0 Å². The molecule has 0 aromatic carbocycles. The highest BCUT2D eigenvalue weighted by Gasteiger charge is 2.51. The van der Waals surface area contributed by atoms with Gasteiger partial charge in [-0.15, -0.1) is 0 Å². The van der Waals surface area contributed by atoms with Crippen molar-refractivity contribution in [3.63, 3.8) is 0 Å². The van der Waals surface area contributed by atoms with Gasteiger partial charge in [-0.25, -0.2) is 0 Å². The normalized spacial score (nSPS) is 34.2. The standard InChI is InChI=1S/C32H54O5/c1-21(2)9-7-10-23(14-17-29(34)30(4,5)35)27-15-16-28-24(11-8-18-31(27,28)6)12-13-25-19-26(33)20-32(36,37)22(25)3/h12-13,21,23,26-29,33-37H,3,7-11,14-20H2,1-2,4-6H3/b24-12+,25-13-/t23-,26-,27-,28+,29?,31-/m1/s1. The molecule has 3 fully saturated rings. The Kier molecular flexibility index (Phi) is 9.94. The molecule has 5 N–H and O–H groups in total. The molecule has 5 heteroatoms. The maximum atomic E-state index is 10.6. The van der Waals surface area contributed by atoms with Crippen LogP contribution < -0.4 is 0 Å². The van der Waals surface area contributed by atoms with E-state index in [4.69, 9.17) is 0 Å². The summed E-state index contributed by atoms with van der Waals surface area (Å²) < 4.78 is 0. The molecule has 0 bridgehead atoms. The average molecular weight is 519 g/mol. The molecule has 37 heavy (non-hydrogen) atoms. The van der Waals surface area contributed by atoms with Crippen LogP contribution in [0.1, 0.15) is 112 Å². The van der Waals surface area contributed by atoms with Gasteiger partial charge >= 0.3 is 0 Å². The van der Waals surface area contributed by atoms with E-state index in [9.17, 15) is 25.5 Å². The van der Waals surface area contributed by atoms with Crippen LogP contribution in [0.2, 0.25) is 0 Å². The lowest BCUT2D eigenvalue weighted by atomic mass is 9.60. The molecule has 0 saturated heterocycles. The second-order valence-corrected chi connectivity index (χ2v) is 13.7. The summed E-state index contributed by atoms with van der Waals surface area (Å²) in [4.78, 5) is 0. The number of aliphatic hydroxyl groups excluding tert-OH is 2. The summed E-state index contributed by atoms with van der Waals surface area (Å²) in [6.07, 6.45) is 14.0. The number of fused-ring (bicyclic) bond motifs is 1. The van der Waals surface area contributed by atoms with Crippen molar-refractivity contribution in [2.75, 3.05) is 0 Å².